The third kappa shape index (κ3) is 9.31. The van der Waals surface area contributed by atoms with Crippen LogP contribution in [0.2, 0.25) is 0 Å². The van der Waals surface area contributed by atoms with Gasteiger partial charge in [-0.15, -0.1) is 0 Å². The molecule has 2 saturated heterocycles. The zero-order valence-electron chi connectivity index (χ0n) is 15.5. The lowest BCUT2D eigenvalue weighted by Crippen LogP contribution is -2.32. The number of alkyl halides is 3. The molecule has 0 spiro atoms. The molecule has 4 nitrogen and oxygen atoms in total. The number of benzene rings is 1. The summed E-state index contributed by atoms with van der Waals surface area (Å²) in [5.41, 5.74) is -0.504. The van der Waals surface area contributed by atoms with Crippen molar-refractivity contribution < 1.29 is 23.1 Å². The van der Waals surface area contributed by atoms with E-state index < -0.39 is 11.7 Å². The van der Waals surface area contributed by atoms with Crippen molar-refractivity contribution in [2.45, 2.75) is 38.0 Å². The molecule has 1 N–H and O–H groups in total. The topological polar surface area (TPSA) is 43.8 Å². The molecular weight excluding hydrogens is 345 g/mol. The first kappa shape index (κ1) is 22.6. The number of carbonyl (C=O) groups excluding carboxylic acids is 1. The monoisotopic (exact) mass is 374 g/mol. The number of hydrogen-bond donors (Lipinski definition) is 1. The van der Waals surface area contributed by atoms with Crippen LogP contribution in [0.1, 0.15) is 41.6 Å². The average Bonchev–Trinajstić information content (AvgIpc) is 3.09. The van der Waals surface area contributed by atoms with E-state index in [2.05, 4.69) is 23.9 Å². The first-order valence-corrected chi connectivity index (χ1v) is 8.90. The molecular formula is C19H29F3N2O2. The number of aliphatic hydroxyl groups is 1. The zero-order valence-corrected chi connectivity index (χ0v) is 15.5. The highest BCUT2D eigenvalue weighted by molar-refractivity contribution is 5.74. The van der Waals surface area contributed by atoms with Gasteiger partial charge in [0.15, 0.2) is 0 Å². The minimum atomic E-state index is -4.33. The van der Waals surface area contributed by atoms with Crippen molar-refractivity contribution in [3.05, 3.63) is 35.4 Å². The summed E-state index contributed by atoms with van der Waals surface area (Å²) in [5, 5.41) is 9.00. The molecule has 2 fully saturated rings. The van der Waals surface area contributed by atoms with E-state index in [9.17, 15) is 18.0 Å². The summed E-state index contributed by atoms with van der Waals surface area (Å²) in [5.74, 6) is 0. The van der Waals surface area contributed by atoms with Gasteiger partial charge in [0.1, 0.15) is 6.29 Å². The largest absolute Gasteiger partial charge is 0.416 e. The number of aldehydes is 1. The van der Waals surface area contributed by atoms with Crippen LogP contribution in [0.3, 0.4) is 0 Å². The second kappa shape index (κ2) is 11.3. The molecule has 0 amide bonds. The van der Waals surface area contributed by atoms with Gasteiger partial charge in [0.2, 0.25) is 0 Å². The normalized spacial score (nSPS) is 19.2. The van der Waals surface area contributed by atoms with Gasteiger partial charge in [-0.3, -0.25) is 4.79 Å². The van der Waals surface area contributed by atoms with E-state index in [0.29, 0.717) is 6.29 Å². The van der Waals surface area contributed by atoms with E-state index in [1.54, 1.807) is 0 Å². The molecule has 148 valence electrons. The van der Waals surface area contributed by atoms with E-state index in [-0.39, 0.29) is 11.7 Å². The van der Waals surface area contributed by atoms with Crippen molar-refractivity contribution >= 4 is 6.29 Å². The summed E-state index contributed by atoms with van der Waals surface area (Å²) >= 11 is 0. The second-order valence-electron chi connectivity index (χ2n) is 6.78. The molecule has 0 bridgehead atoms. The Kier molecular flexibility index (Phi) is 9.83. The van der Waals surface area contributed by atoms with Gasteiger partial charge < -0.3 is 14.9 Å². The van der Waals surface area contributed by atoms with Crippen molar-refractivity contribution in [2.75, 3.05) is 40.3 Å². The van der Waals surface area contributed by atoms with Crippen molar-refractivity contribution in [3.63, 3.8) is 0 Å². The molecule has 0 aromatic heterocycles. The predicted octanol–water partition coefficient (Wildman–Crippen LogP) is 3.30. The Morgan fingerprint density at radius 2 is 1.42 bits per heavy atom. The molecule has 1 aromatic carbocycles. The van der Waals surface area contributed by atoms with Crippen molar-refractivity contribution in [1.29, 1.82) is 0 Å². The molecule has 0 radical (unpaired) electrons. The number of piperidine rings is 1. The van der Waals surface area contributed by atoms with Gasteiger partial charge in [0.05, 0.1) is 11.7 Å². The first-order valence-electron chi connectivity index (χ1n) is 8.90. The van der Waals surface area contributed by atoms with E-state index in [4.69, 9.17) is 5.11 Å². The third-order valence-electron chi connectivity index (χ3n) is 4.39. The third-order valence-corrected chi connectivity index (χ3v) is 4.39. The Bertz CT molecular complexity index is 497. The fourth-order valence-electron chi connectivity index (χ4n) is 2.62. The van der Waals surface area contributed by atoms with Crippen LogP contribution in [0.4, 0.5) is 13.2 Å². The maximum absolute atomic E-state index is 11.9. The van der Waals surface area contributed by atoms with Crippen LogP contribution < -0.4 is 0 Å². The summed E-state index contributed by atoms with van der Waals surface area (Å²) < 4.78 is 35.8. The zero-order chi connectivity index (χ0) is 19.6. The van der Waals surface area contributed by atoms with E-state index in [1.165, 1.54) is 25.9 Å². The SMILES string of the molecule is CN1CCC(O)CC1.CN1CCCC1.O=Cc1ccc(C(F)(F)F)cc1. The Morgan fingerprint density at radius 3 is 1.73 bits per heavy atom. The Labute approximate surface area is 153 Å². The molecule has 3 rings (SSSR count). The summed E-state index contributed by atoms with van der Waals surface area (Å²) in [6.07, 6.45) is 0.882. The molecule has 2 aliphatic heterocycles. The molecule has 0 aliphatic carbocycles. The van der Waals surface area contributed by atoms with Crippen LogP contribution in [0.25, 0.3) is 0 Å². The number of aliphatic hydroxyl groups excluding tert-OH is 1. The molecule has 0 atom stereocenters. The lowest BCUT2D eigenvalue weighted by Gasteiger charge is -2.25. The molecule has 7 heteroatoms. The van der Waals surface area contributed by atoms with Crippen LogP contribution in [0, 0.1) is 0 Å². The van der Waals surface area contributed by atoms with Crippen LogP contribution in [0.15, 0.2) is 24.3 Å². The number of likely N-dealkylation sites (tertiary alicyclic amines) is 2. The van der Waals surface area contributed by atoms with E-state index in [0.717, 1.165) is 50.2 Å². The van der Waals surface area contributed by atoms with Gasteiger partial charge in [-0.05, 0) is 65.0 Å². The summed E-state index contributed by atoms with van der Waals surface area (Å²) in [6.45, 7) is 4.75. The lowest BCUT2D eigenvalue weighted by molar-refractivity contribution is -0.137. The molecule has 26 heavy (non-hydrogen) atoms. The van der Waals surface area contributed by atoms with Crippen LogP contribution in [-0.2, 0) is 6.18 Å². The fourth-order valence-corrected chi connectivity index (χ4v) is 2.62. The highest BCUT2D eigenvalue weighted by atomic mass is 19.4. The Hall–Kier alpha value is -1.44. The summed E-state index contributed by atoms with van der Waals surface area (Å²) in [4.78, 5) is 14.7. The quantitative estimate of drug-likeness (QED) is 0.766. The van der Waals surface area contributed by atoms with E-state index >= 15 is 0 Å². The number of hydrogen-bond acceptors (Lipinski definition) is 4. The van der Waals surface area contributed by atoms with E-state index in [1.807, 2.05) is 0 Å². The number of halogens is 3. The highest BCUT2D eigenvalue weighted by Crippen LogP contribution is 2.28. The first-order chi connectivity index (χ1) is 12.2. The molecule has 1 aromatic rings. The van der Waals surface area contributed by atoms with Crippen LogP contribution in [-0.4, -0.2) is 67.6 Å². The fraction of sp³-hybridized carbons (Fsp3) is 0.632. The smallest absolute Gasteiger partial charge is 0.393 e. The predicted molar refractivity (Wildman–Crippen MR) is 96.3 cm³/mol. The Morgan fingerprint density at radius 1 is 0.962 bits per heavy atom. The minimum absolute atomic E-state index is 0.0220. The van der Waals surface area contributed by atoms with Gasteiger partial charge in [0.25, 0.3) is 0 Å². The lowest BCUT2D eigenvalue weighted by atomic mass is 10.1. The highest BCUT2D eigenvalue weighted by Gasteiger charge is 2.29. The van der Waals surface area contributed by atoms with Gasteiger partial charge in [-0.25, -0.2) is 0 Å². The van der Waals surface area contributed by atoms with Gasteiger partial charge in [-0.2, -0.15) is 13.2 Å². The van der Waals surface area contributed by atoms with Crippen molar-refractivity contribution in [1.82, 2.24) is 9.80 Å². The Balaban J connectivity index is 0.000000208. The molecule has 2 aliphatic rings. The summed E-state index contributed by atoms with van der Waals surface area (Å²) in [6, 6.07) is 4.03. The maximum atomic E-state index is 11.9. The molecule has 0 unspecified atom stereocenters. The number of carbonyl (C=O) groups is 1. The second-order valence-corrected chi connectivity index (χ2v) is 6.78. The molecule has 2 heterocycles. The van der Waals surface area contributed by atoms with Crippen LogP contribution >= 0.6 is 0 Å². The standard InChI is InChI=1S/C8H5F3O.C6H13NO.C5H11N/c9-8(10,11)7-3-1-6(5-12)2-4-7;1-7-4-2-6(8)3-5-7;1-6-4-2-3-5-6/h1-5H;6,8H,2-5H2,1H3;2-5H2,1H3. The van der Waals surface area contributed by atoms with Gasteiger partial charge in [-0.1, -0.05) is 12.1 Å². The number of rotatable bonds is 1. The maximum Gasteiger partial charge on any atom is 0.416 e. The summed E-state index contributed by atoms with van der Waals surface area (Å²) in [7, 11) is 4.26. The van der Waals surface area contributed by atoms with Crippen molar-refractivity contribution in [2.24, 2.45) is 0 Å². The van der Waals surface area contributed by atoms with Gasteiger partial charge >= 0.3 is 6.18 Å². The average molecular weight is 374 g/mol. The van der Waals surface area contributed by atoms with Crippen LogP contribution in [0.5, 0.6) is 0 Å². The number of nitrogens with zero attached hydrogens (tertiary/aromatic N) is 2. The van der Waals surface area contributed by atoms with Crippen molar-refractivity contribution in [3.8, 4) is 0 Å². The minimum Gasteiger partial charge on any atom is -0.393 e. The molecule has 0 saturated carbocycles. The van der Waals surface area contributed by atoms with Gasteiger partial charge in [0, 0.05) is 18.7 Å².